The Bertz CT molecular complexity index is 555. The standard InChI is InChI=1S/C18H26N2O3/c1-13(23-12-16-6-4-10-22-16)18(21)19-15-7-8-17-14(11-15)5-3-9-20(17)2/h7-8,11,13,16H,3-6,9-10,12H2,1-2H3,(H,19,21)/t13-,16+/m0/s1. The fraction of sp³-hybridized carbons (Fsp3) is 0.611. The van der Waals surface area contributed by atoms with Crippen molar-refractivity contribution in [1.82, 2.24) is 0 Å². The summed E-state index contributed by atoms with van der Waals surface area (Å²) in [6.07, 6.45) is 3.99. The van der Waals surface area contributed by atoms with Crippen LogP contribution < -0.4 is 10.2 Å². The molecule has 2 aliphatic heterocycles. The molecule has 1 N–H and O–H groups in total. The van der Waals surface area contributed by atoms with Gasteiger partial charge in [-0.3, -0.25) is 4.79 Å². The van der Waals surface area contributed by atoms with Crippen molar-refractivity contribution in [2.24, 2.45) is 0 Å². The summed E-state index contributed by atoms with van der Waals surface area (Å²) in [5.74, 6) is -0.105. The maximum atomic E-state index is 12.3. The molecule has 0 radical (unpaired) electrons. The number of fused-ring (bicyclic) bond motifs is 1. The molecule has 3 rings (SSSR count). The number of hydrogen-bond donors (Lipinski definition) is 1. The third-order valence-electron chi connectivity index (χ3n) is 4.62. The molecule has 2 aliphatic rings. The fourth-order valence-electron chi connectivity index (χ4n) is 3.21. The molecule has 0 aliphatic carbocycles. The first kappa shape index (κ1) is 16.3. The number of benzene rings is 1. The fourth-order valence-corrected chi connectivity index (χ4v) is 3.21. The van der Waals surface area contributed by atoms with E-state index in [0.29, 0.717) is 6.61 Å². The van der Waals surface area contributed by atoms with Crippen LogP contribution in [0.25, 0.3) is 0 Å². The number of carbonyl (C=O) groups is 1. The van der Waals surface area contributed by atoms with Gasteiger partial charge in [0.25, 0.3) is 5.91 Å². The lowest BCUT2D eigenvalue weighted by molar-refractivity contribution is -0.128. The van der Waals surface area contributed by atoms with Crippen LogP contribution in [0.3, 0.4) is 0 Å². The SMILES string of the molecule is C[C@H](OC[C@H]1CCCO1)C(=O)Nc1ccc2c(c1)CCCN2C. The monoisotopic (exact) mass is 318 g/mol. The van der Waals surface area contributed by atoms with Crippen molar-refractivity contribution in [2.45, 2.75) is 44.8 Å². The first-order valence-electron chi connectivity index (χ1n) is 8.51. The largest absolute Gasteiger partial charge is 0.376 e. The number of nitrogens with zero attached hydrogens (tertiary/aromatic N) is 1. The van der Waals surface area contributed by atoms with E-state index in [1.807, 2.05) is 6.07 Å². The van der Waals surface area contributed by atoms with E-state index < -0.39 is 6.10 Å². The van der Waals surface area contributed by atoms with Gasteiger partial charge in [0.1, 0.15) is 6.10 Å². The highest BCUT2D eigenvalue weighted by Gasteiger charge is 2.20. The smallest absolute Gasteiger partial charge is 0.253 e. The third-order valence-corrected chi connectivity index (χ3v) is 4.62. The van der Waals surface area contributed by atoms with E-state index >= 15 is 0 Å². The van der Waals surface area contributed by atoms with E-state index in [9.17, 15) is 4.79 Å². The minimum Gasteiger partial charge on any atom is -0.376 e. The molecule has 0 aromatic heterocycles. The van der Waals surface area contributed by atoms with Crippen LogP contribution in [-0.4, -0.2) is 44.9 Å². The number of amides is 1. The van der Waals surface area contributed by atoms with E-state index in [-0.39, 0.29) is 12.0 Å². The lowest BCUT2D eigenvalue weighted by Gasteiger charge is -2.28. The second-order valence-corrected chi connectivity index (χ2v) is 6.47. The predicted molar refractivity (Wildman–Crippen MR) is 91.1 cm³/mol. The molecule has 1 fully saturated rings. The number of nitrogens with one attached hydrogen (secondary N) is 1. The average molecular weight is 318 g/mol. The summed E-state index contributed by atoms with van der Waals surface area (Å²) < 4.78 is 11.2. The molecule has 5 nitrogen and oxygen atoms in total. The molecule has 0 spiro atoms. The maximum absolute atomic E-state index is 12.3. The van der Waals surface area contributed by atoms with Gasteiger partial charge in [0.2, 0.25) is 0 Å². The molecule has 126 valence electrons. The van der Waals surface area contributed by atoms with Crippen LogP contribution >= 0.6 is 0 Å². The van der Waals surface area contributed by atoms with Gasteiger partial charge in [-0.2, -0.15) is 0 Å². The number of rotatable bonds is 5. The molecule has 0 unspecified atom stereocenters. The first-order valence-corrected chi connectivity index (χ1v) is 8.51. The number of ether oxygens (including phenoxy) is 2. The Labute approximate surface area is 137 Å². The van der Waals surface area contributed by atoms with Crippen LogP contribution in [0.2, 0.25) is 0 Å². The second-order valence-electron chi connectivity index (χ2n) is 6.47. The Hall–Kier alpha value is -1.59. The highest BCUT2D eigenvalue weighted by Crippen LogP contribution is 2.28. The topological polar surface area (TPSA) is 50.8 Å². The third kappa shape index (κ3) is 4.03. The summed E-state index contributed by atoms with van der Waals surface area (Å²) in [7, 11) is 2.11. The molecule has 1 amide bonds. The minimum absolute atomic E-state index is 0.105. The van der Waals surface area contributed by atoms with Gasteiger partial charge >= 0.3 is 0 Å². The van der Waals surface area contributed by atoms with Gasteiger partial charge in [-0.25, -0.2) is 0 Å². The van der Waals surface area contributed by atoms with E-state index in [4.69, 9.17) is 9.47 Å². The van der Waals surface area contributed by atoms with Gasteiger partial charge in [-0.15, -0.1) is 0 Å². The van der Waals surface area contributed by atoms with Gasteiger partial charge in [-0.05, 0) is 56.4 Å². The number of anilines is 2. The molecule has 2 heterocycles. The Morgan fingerprint density at radius 3 is 3.13 bits per heavy atom. The predicted octanol–water partition coefficient (Wildman–Crippen LogP) is 2.59. The summed E-state index contributed by atoms with van der Waals surface area (Å²) in [6.45, 7) is 4.17. The van der Waals surface area contributed by atoms with Crippen LogP contribution in [0, 0.1) is 0 Å². The van der Waals surface area contributed by atoms with Crippen LogP contribution in [-0.2, 0) is 20.7 Å². The molecule has 5 heteroatoms. The summed E-state index contributed by atoms with van der Waals surface area (Å²) in [5, 5.41) is 2.96. The van der Waals surface area contributed by atoms with Crippen LogP contribution in [0.1, 0.15) is 31.7 Å². The number of carbonyl (C=O) groups excluding carboxylic acids is 1. The van der Waals surface area contributed by atoms with Crippen molar-refractivity contribution in [3.05, 3.63) is 23.8 Å². The average Bonchev–Trinajstić information content (AvgIpc) is 3.06. The van der Waals surface area contributed by atoms with Crippen molar-refractivity contribution in [3.63, 3.8) is 0 Å². The lowest BCUT2D eigenvalue weighted by Crippen LogP contribution is -2.30. The zero-order valence-corrected chi connectivity index (χ0v) is 14.0. The molecule has 1 aromatic carbocycles. The molecule has 23 heavy (non-hydrogen) atoms. The molecule has 0 bridgehead atoms. The molecular weight excluding hydrogens is 292 g/mol. The van der Waals surface area contributed by atoms with E-state index in [0.717, 1.165) is 44.5 Å². The molecule has 2 atom stereocenters. The van der Waals surface area contributed by atoms with Crippen LogP contribution in [0.15, 0.2) is 18.2 Å². The van der Waals surface area contributed by atoms with Gasteiger partial charge in [0.15, 0.2) is 0 Å². The second kappa shape index (κ2) is 7.32. The van der Waals surface area contributed by atoms with E-state index in [1.165, 1.54) is 11.3 Å². The van der Waals surface area contributed by atoms with E-state index in [1.54, 1.807) is 6.92 Å². The summed E-state index contributed by atoms with van der Waals surface area (Å²) in [4.78, 5) is 14.5. The molecular formula is C18H26N2O3. The first-order chi connectivity index (χ1) is 11.1. The number of aryl methyl sites for hydroxylation is 1. The lowest BCUT2D eigenvalue weighted by atomic mass is 10.0. The Morgan fingerprint density at radius 2 is 2.35 bits per heavy atom. The minimum atomic E-state index is -0.474. The van der Waals surface area contributed by atoms with Gasteiger partial charge < -0.3 is 19.7 Å². The number of hydrogen-bond acceptors (Lipinski definition) is 4. The van der Waals surface area contributed by atoms with Crippen molar-refractivity contribution in [2.75, 3.05) is 37.0 Å². The molecule has 1 saturated heterocycles. The van der Waals surface area contributed by atoms with Crippen molar-refractivity contribution in [1.29, 1.82) is 0 Å². The Morgan fingerprint density at radius 1 is 1.48 bits per heavy atom. The maximum Gasteiger partial charge on any atom is 0.253 e. The Balaban J connectivity index is 1.54. The highest BCUT2D eigenvalue weighted by molar-refractivity contribution is 5.94. The molecule has 0 saturated carbocycles. The normalized spacial score (nSPS) is 21.8. The summed E-state index contributed by atoms with van der Waals surface area (Å²) in [5.41, 5.74) is 3.40. The van der Waals surface area contributed by atoms with Gasteiger partial charge in [0, 0.05) is 31.6 Å². The van der Waals surface area contributed by atoms with Crippen LogP contribution in [0.5, 0.6) is 0 Å². The van der Waals surface area contributed by atoms with Crippen molar-refractivity contribution < 1.29 is 14.3 Å². The van der Waals surface area contributed by atoms with Gasteiger partial charge in [0.05, 0.1) is 12.7 Å². The van der Waals surface area contributed by atoms with Gasteiger partial charge in [-0.1, -0.05) is 0 Å². The zero-order valence-electron chi connectivity index (χ0n) is 14.0. The van der Waals surface area contributed by atoms with Crippen LogP contribution in [0.4, 0.5) is 11.4 Å². The Kier molecular flexibility index (Phi) is 5.18. The zero-order chi connectivity index (χ0) is 16.2. The highest BCUT2D eigenvalue weighted by atomic mass is 16.5. The molecule has 1 aromatic rings. The summed E-state index contributed by atoms with van der Waals surface area (Å²) in [6, 6.07) is 6.13. The van der Waals surface area contributed by atoms with E-state index in [2.05, 4.69) is 29.4 Å². The van der Waals surface area contributed by atoms with Crippen molar-refractivity contribution in [3.8, 4) is 0 Å². The summed E-state index contributed by atoms with van der Waals surface area (Å²) >= 11 is 0. The van der Waals surface area contributed by atoms with Crippen molar-refractivity contribution >= 4 is 17.3 Å². The quantitative estimate of drug-likeness (QED) is 0.906.